The van der Waals surface area contributed by atoms with E-state index < -0.39 is 36.5 Å². The highest BCUT2D eigenvalue weighted by Crippen LogP contribution is 2.39. The normalized spacial score (nSPS) is 18.9. The van der Waals surface area contributed by atoms with Gasteiger partial charge in [0, 0.05) is 0 Å². The van der Waals surface area contributed by atoms with E-state index in [9.17, 15) is 30.7 Å². The molecule has 1 saturated carbocycles. The predicted molar refractivity (Wildman–Crippen MR) is 117 cm³/mol. The Morgan fingerprint density at radius 2 is 1.51 bits per heavy atom. The summed E-state index contributed by atoms with van der Waals surface area (Å²) < 4.78 is 101. The second-order valence-corrected chi connectivity index (χ2v) is 8.76. The quantitative estimate of drug-likeness (QED) is 0.239. The SMILES string of the molecule is C=CCCC1CCC(c2ccc(C(F)(F)OCCc3cc(F)c(OC(F)(F)F)c(F)c3)cc2)CC1. The molecule has 0 N–H and O–H groups in total. The zero-order valence-corrected chi connectivity index (χ0v) is 19.0. The molecule has 1 aliphatic rings. The van der Waals surface area contributed by atoms with Crippen molar-refractivity contribution in [3.63, 3.8) is 0 Å². The smallest absolute Gasteiger partial charge is 0.399 e. The van der Waals surface area contributed by atoms with Crippen molar-refractivity contribution in [3.8, 4) is 5.75 Å². The summed E-state index contributed by atoms with van der Waals surface area (Å²) in [6.45, 7) is 3.14. The summed E-state index contributed by atoms with van der Waals surface area (Å²) in [5.74, 6) is -3.77. The third-order valence-electron chi connectivity index (χ3n) is 6.29. The largest absolute Gasteiger partial charge is 0.573 e. The number of halogens is 7. The first-order valence-corrected chi connectivity index (χ1v) is 11.4. The van der Waals surface area contributed by atoms with Gasteiger partial charge in [0.1, 0.15) is 0 Å². The maximum Gasteiger partial charge on any atom is 0.573 e. The van der Waals surface area contributed by atoms with Crippen molar-refractivity contribution in [1.82, 2.24) is 0 Å². The van der Waals surface area contributed by atoms with Gasteiger partial charge in [-0.3, -0.25) is 0 Å². The summed E-state index contributed by atoms with van der Waals surface area (Å²) in [5.41, 5.74) is 0.496. The molecule has 9 heteroatoms. The monoisotopic (exact) mass is 504 g/mol. The lowest BCUT2D eigenvalue weighted by molar-refractivity contribution is -0.276. The number of rotatable bonds is 10. The van der Waals surface area contributed by atoms with E-state index in [0.717, 1.165) is 44.1 Å². The van der Waals surface area contributed by atoms with Crippen LogP contribution in [0.15, 0.2) is 49.1 Å². The summed E-state index contributed by atoms with van der Waals surface area (Å²) in [5, 5.41) is 0. The van der Waals surface area contributed by atoms with E-state index in [1.54, 1.807) is 12.1 Å². The predicted octanol–water partition coefficient (Wildman–Crippen LogP) is 8.41. The molecule has 0 radical (unpaired) electrons. The molecule has 192 valence electrons. The number of ether oxygens (including phenoxy) is 2. The van der Waals surface area contributed by atoms with Crippen LogP contribution in [0, 0.1) is 17.6 Å². The van der Waals surface area contributed by atoms with Crippen molar-refractivity contribution in [2.45, 2.75) is 63.3 Å². The first-order valence-electron chi connectivity index (χ1n) is 11.4. The lowest BCUT2D eigenvalue weighted by Crippen LogP contribution is -2.20. The molecule has 2 aromatic carbocycles. The lowest BCUT2D eigenvalue weighted by Gasteiger charge is -2.29. The molecule has 1 fully saturated rings. The Bertz CT molecular complexity index is 955. The summed E-state index contributed by atoms with van der Waals surface area (Å²) in [6.07, 6.45) is -0.984. The highest BCUT2D eigenvalue weighted by atomic mass is 19.4. The van der Waals surface area contributed by atoms with Crippen LogP contribution < -0.4 is 4.74 Å². The Morgan fingerprint density at radius 1 is 0.914 bits per heavy atom. The van der Waals surface area contributed by atoms with Crippen molar-refractivity contribution in [1.29, 1.82) is 0 Å². The van der Waals surface area contributed by atoms with Crippen LogP contribution in [-0.4, -0.2) is 13.0 Å². The summed E-state index contributed by atoms with van der Waals surface area (Å²) in [6, 6.07) is 7.14. The fourth-order valence-electron chi connectivity index (χ4n) is 4.44. The molecular formula is C26H27F7O2. The molecule has 2 aromatic rings. The number of hydrogen-bond acceptors (Lipinski definition) is 2. The van der Waals surface area contributed by atoms with Gasteiger partial charge in [0.05, 0.1) is 12.2 Å². The molecule has 0 atom stereocenters. The van der Waals surface area contributed by atoms with Crippen LogP contribution in [0.5, 0.6) is 5.75 Å². The number of hydrogen-bond donors (Lipinski definition) is 0. The fraction of sp³-hybridized carbons (Fsp3) is 0.462. The van der Waals surface area contributed by atoms with Gasteiger partial charge in [-0.05, 0) is 80.0 Å². The molecule has 2 nitrogen and oxygen atoms in total. The summed E-state index contributed by atoms with van der Waals surface area (Å²) in [4.78, 5) is 0. The Kier molecular flexibility index (Phi) is 8.85. The van der Waals surface area contributed by atoms with E-state index in [0.29, 0.717) is 24.0 Å². The van der Waals surface area contributed by atoms with E-state index in [4.69, 9.17) is 0 Å². The molecule has 0 saturated heterocycles. The number of allylic oxidation sites excluding steroid dienone is 1. The van der Waals surface area contributed by atoms with E-state index in [2.05, 4.69) is 16.1 Å². The zero-order chi connectivity index (χ0) is 25.6. The second kappa shape index (κ2) is 11.5. The Balaban J connectivity index is 1.54. The van der Waals surface area contributed by atoms with Crippen molar-refractivity contribution in [2.24, 2.45) is 5.92 Å². The van der Waals surface area contributed by atoms with Gasteiger partial charge in [0.25, 0.3) is 0 Å². The molecule has 0 aromatic heterocycles. The van der Waals surface area contributed by atoms with Crippen LogP contribution >= 0.6 is 0 Å². The molecule has 3 rings (SSSR count). The minimum atomic E-state index is -5.27. The van der Waals surface area contributed by atoms with Gasteiger partial charge in [-0.1, -0.05) is 30.3 Å². The van der Waals surface area contributed by atoms with Crippen molar-refractivity contribution in [2.75, 3.05) is 6.61 Å². The highest BCUT2D eigenvalue weighted by molar-refractivity contribution is 5.32. The van der Waals surface area contributed by atoms with Crippen LogP contribution in [0.2, 0.25) is 0 Å². The first kappa shape index (κ1) is 27.0. The maximum atomic E-state index is 14.5. The number of benzene rings is 2. The fourth-order valence-corrected chi connectivity index (χ4v) is 4.44. The molecule has 1 aliphatic carbocycles. The van der Waals surface area contributed by atoms with E-state index in [1.165, 1.54) is 12.1 Å². The first-order chi connectivity index (χ1) is 16.5. The number of alkyl halides is 5. The molecular weight excluding hydrogens is 477 g/mol. The molecule has 0 amide bonds. The van der Waals surface area contributed by atoms with Gasteiger partial charge in [0.2, 0.25) is 5.75 Å². The molecule has 0 heterocycles. The van der Waals surface area contributed by atoms with Crippen LogP contribution in [0.4, 0.5) is 30.7 Å². The van der Waals surface area contributed by atoms with E-state index in [1.807, 2.05) is 6.08 Å². The average molecular weight is 504 g/mol. The second-order valence-electron chi connectivity index (χ2n) is 8.76. The summed E-state index contributed by atoms with van der Waals surface area (Å²) >= 11 is 0. The summed E-state index contributed by atoms with van der Waals surface area (Å²) in [7, 11) is 0. The maximum absolute atomic E-state index is 14.5. The van der Waals surface area contributed by atoms with Crippen molar-refractivity contribution in [3.05, 3.63) is 77.4 Å². The van der Waals surface area contributed by atoms with Crippen LogP contribution in [0.25, 0.3) is 0 Å². The molecule has 0 spiro atoms. The Morgan fingerprint density at radius 3 is 2.06 bits per heavy atom. The standard InChI is InChI=1S/C26H27F7O2/c1-2-3-4-17-5-7-19(8-6-17)20-9-11-21(12-10-20)25(29,30)34-14-13-18-15-22(27)24(23(28)16-18)35-26(31,32)33/h2,9-12,15-17,19H,1,3-8,13-14H2. The Labute approximate surface area is 199 Å². The van der Waals surface area contributed by atoms with Gasteiger partial charge >= 0.3 is 12.5 Å². The topological polar surface area (TPSA) is 18.5 Å². The van der Waals surface area contributed by atoms with E-state index >= 15 is 0 Å². The average Bonchev–Trinajstić information content (AvgIpc) is 2.80. The van der Waals surface area contributed by atoms with Gasteiger partial charge in [0.15, 0.2) is 11.6 Å². The van der Waals surface area contributed by atoms with Gasteiger partial charge in [-0.15, -0.1) is 19.8 Å². The van der Waals surface area contributed by atoms with Crippen LogP contribution in [0.1, 0.15) is 61.1 Å². The lowest BCUT2D eigenvalue weighted by atomic mass is 9.77. The molecule has 0 unspecified atom stereocenters. The molecule has 0 bridgehead atoms. The van der Waals surface area contributed by atoms with Crippen molar-refractivity contribution < 1.29 is 40.2 Å². The highest BCUT2D eigenvalue weighted by Gasteiger charge is 2.35. The Hall–Kier alpha value is -2.55. The molecule has 0 aliphatic heterocycles. The van der Waals surface area contributed by atoms with Crippen LogP contribution in [-0.2, 0) is 17.3 Å². The minimum Gasteiger partial charge on any atom is -0.399 e. The third kappa shape index (κ3) is 7.72. The third-order valence-corrected chi connectivity index (χ3v) is 6.29. The molecule has 35 heavy (non-hydrogen) atoms. The van der Waals surface area contributed by atoms with Crippen molar-refractivity contribution >= 4 is 0 Å². The van der Waals surface area contributed by atoms with E-state index in [-0.39, 0.29) is 17.5 Å². The van der Waals surface area contributed by atoms with Gasteiger partial charge in [-0.25, -0.2) is 8.78 Å². The van der Waals surface area contributed by atoms with Crippen LogP contribution in [0.3, 0.4) is 0 Å². The zero-order valence-electron chi connectivity index (χ0n) is 19.0. The minimum absolute atomic E-state index is 0.149. The van der Waals surface area contributed by atoms with Gasteiger partial charge in [-0.2, -0.15) is 8.78 Å². The van der Waals surface area contributed by atoms with Gasteiger partial charge < -0.3 is 9.47 Å².